The van der Waals surface area contributed by atoms with Crippen molar-refractivity contribution in [1.82, 2.24) is 36.0 Å². The van der Waals surface area contributed by atoms with Gasteiger partial charge in [0.05, 0.1) is 65.9 Å². The maximum absolute atomic E-state index is 14.4. The Kier molecular flexibility index (Phi) is 34.1. The van der Waals surface area contributed by atoms with E-state index in [1.165, 1.54) is 58.0 Å². The van der Waals surface area contributed by atoms with Crippen molar-refractivity contribution in [2.45, 2.75) is 176 Å². The largest absolute Gasteiger partial charge is 0.456 e. The Morgan fingerprint density at radius 2 is 1.32 bits per heavy atom. The number of imide groups is 1. The van der Waals surface area contributed by atoms with Gasteiger partial charge in [-0.15, -0.1) is 0 Å². The SMILES string of the molecule is C/C=C(\C)[C@H]1OC(=O)[C@@H](C)NC(=O)[C@H](C(C)CC)NC(=O)CN(C)C(=O)[C@@H](Cc2ccccc2)N(C)C(=O)[C@H](C)NC(=O)[C@@H](CC(C)C)OC(=O)/C(C)=C/C[C@H](OC(=O)NCCO[Si](OCCOCCOCCOCCN2C(=O)C=CC2=O)(C(C)C)C(C)C)[C@@H]1C. The monoisotopic (exact) mass is 1300 g/mol. The van der Waals surface area contributed by atoms with Gasteiger partial charge in [-0.25, -0.2) is 14.4 Å². The van der Waals surface area contributed by atoms with Crippen LogP contribution in [0.1, 0.15) is 122 Å². The fraction of sp³-hybridized carbons (Fsp3) is 0.662. The summed E-state index contributed by atoms with van der Waals surface area (Å²) in [5.41, 5.74) is 1.32. The Bertz CT molecular complexity index is 2640. The van der Waals surface area contributed by atoms with Crippen molar-refractivity contribution in [2.75, 3.05) is 86.6 Å². The molecule has 0 saturated heterocycles. The van der Waals surface area contributed by atoms with Crippen LogP contribution in [0.25, 0.3) is 0 Å². The van der Waals surface area contributed by atoms with Crippen molar-refractivity contribution in [3.05, 3.63) is 71.3 Å². The van der Waals surface area contributed by atoms with Gasteiger partial charge in [0.25, 0.3) is 17.7 Å². The summed E-state index contributed by atoms with van der Waals surface area (Å²) < 4.78 is 48.1. The van der Waals surface area contributed by atoms with E-state index in [1.54, 1.807) is 64.1 Å². The summed E-state index contributed by atoms with van der Waals surface area (Å²) in [5.74, 6) is -7.22. The minimum Gasteiger partial charge on any atom is -0.456 e. The number of benzene rings is 1. The van der Waals surface area contributed by atoms with Gasteiger partial charge in [-0.05, 0) is 75.1 Å². The van der Waals surface area contributed by atoms with E-state index in [-0.39, 0.29) is 99.8 Å². The molecule has 91 heavy (non-hydrogen) atoms. The first-order valence-electron chi connectivity index (χ1n) is 31.7. The van der Waals surface area contributed by atoms with Crippen LogP contribution in [-0.2, 0) is 86.8 Å². The van der Waals surface area contributed by atoms with E-state index in [9.17, 15) is 47.9 Å². The van der Waals surface area contributed by atoms with Crippen molar-refractivity contribution in [3.8, 4) is 0 Å². The molecule has 1 aromatic rings. The summed E-state index contributed by atoms with van der Waals surface area (Å²) in [6, 6.07) is 4.16. The van der Waals surface area contributed by atoms with E-state index >= 15 is 0 Å². The highest BCUT2D eigenvalue weighted by Gasteiger charge is 2.45. The first-order chi connectivity index (χ1) is 43.0. The number of nitrogens with zero attached hydrogens (tertiary/aromatic N) is 3. The Balaban J connectivity index is 1.88. The first-order valence-corrected chi connectivity index (χ1v) is 33.6. The zero-order chi connectivity index (χ0) is 68.1. The van der Waals surface area contributed by atoms with Crippen LogP contribution >= 0.6 is 0 Å². The van der Waals surface area contributed by atoms with Gasteiger partial charge < -0.3 is 68.3 Å². The number of alkyl carbamates (subject to hydrolysis) is 1. The van der Waals surface area contributed by atoms with Crippen LogP contribution in [-0.4, -0.2) is 212 Å². The molecular weight excluding hydrogens is 1190 g/mol. The average Bonchev–Trinajstić information content (AvgIpc) is 2.13. The number of likely N-dealkylation sites (N-methyl/N-ethyl adjacent to an activating group) is 2. The number of hydrogen-bond donors (Lipinski definition) is 4. The summed E-state index contributed by atoms with van der Waals surface area (Å²) in [4.78, 5) is 140. The third-order valence-electron chi connectivity index (χ3n) is 16.0. The zero-order valence-corrected chi connectivity index (χ0v) is 57.4. The molecule has 2 heterocycles. The molecular formula is C65H103N7O18Si. The second kappa shape index (κ2) is 39.5. The second-order valence-corrected chi connectivity index (χ2v) is 28.6. The second-order valence-electron chi connectivity index (χ2n) is 24.2. The molecule has 0 fully saturated rings. The van der Waals surface area contributed by atoms with Gasteiger partial charge in [-0.2, -0.15) is 0 Å². The van der Waals surface area contributed by atoms with Gasteiger partial charge in [0.1, 0.15) is 36.4 Å². The molecule has 1 unspecified atom stereocenters. The highest BCUT2D eigenvalue weighted by Crippen LogP contribution is 2.34. The lowest BCUT2D eigenvalue weighted by Crippen LogP contribution is -2.57. The summed E-state index contributed by atoms with van der Waals surface area (Å²) in [6.45, 7) is 26.5. The third kappa shape index (κ3) is 25.3. The minimum atomic E-state index is -2.95. The number of rotatable bonds is 27. The highest BCUT2D eigenvalue weighted by atomic mass is 28.4. The van der Waals surface area contributed by atoms with Crippen LogP contribution in [0.5, 0.6) is 0 Å². The maximum atomic E-state index is 14.4. The lowest BCUT2D eigenvalue weighted by atomic mass is 9.90. The van der Waals surface area contributed by atoms with Crippen molar-refractivity contribution >= 4 is 67.9 Å². The molecule has 0 aromatic heterocycles. The zero-order valence-electron chi connectivity index (χ0n) is 56.4. The smallest absolute Gasteiger partial charge is 0.407 e. The topological polar surface area (TPSA) is 302 Å². The normalized spacial score (nSPS) is 23.9. The van der Waals surface area contributed by atoms with Gasteiger partial charge >= 0.3 is 26.6 Å². The molecule has 8 amide bonds. The Morgan fingerprint density at radius 1 is 0.747 bits per heavy atom. The van der Waals surface area contributed by atoms with Crippen LogP contribution < -0.4 is 21.3 Å². The summed E-state index contributed by atoms with van der Waals surface area (Å²) in [7, 11) is -0.128. The molecule has 0 saturated carbocycles. The Morgan fingerprint density at radius 3 is 1.89 bits per heavy atom. The molecule has 25 nitrogen and oxygen atoms in total. The highest BCUT2D eigenvalue weighted by molar-refractivity contribution is 6.70. The molecule has 3 rings (SSSR count). The summed E-state index contributed by atoms with van der Waals surface area (Å²) in [6.07, 6.45) is 1.76. The van der Waals surface area contributed by atoms with Crippen molar-refractivity contribution in [2.24, 2.45) is 17.8 Å². The van der Waals surface area contributed by atoms with Gasteiger partial charge in [0.2, 0.25) is 23.6 Å². The number of carbonyl (C=O) groups is 10. The van der Waals surface area contributed by atoms with Crippen LogP contribution in [0, 0.1) is 17.8 Å². The lowest BCUT2D eigenvalue weighted by molar-refractivity contribution is -0.155. The fourth-order valence-electron chi connectivity index (χ4n) is 10.2. The molecule has 2 aliphatic heterocycles. The number of allylic oxidation sites excluding steroid dienone is 1. The van der Waals surface area contributed by atoms with E-state index in [0.717, 1.165) is 9.80 Å². The molecule has 26 heteroatoms. The average molecular weight is 1300 g/mol. The summed E-state index contributed by atoms with van der Waals surface area (Å²) >= 11 is 0. The van der Waals surface area contributed by atoms with Gasteiger partial charge in [-0.1, -0.05) is 111 Å². The number of amides is 8. The number of hydrogen-bond acceptors (Lipinski definition) is 18. The van der Waals surface area contributed by atoms with Crippen molar-refractivity contribution < 1.29 is 85.2 Å². The lowest BCUT2D eigenvalue weighted by Gasteiger charge is -2.37. The van der Waals surface area contributed by atoms with Gasteiger partial charge in [-0.3, -0.25) is 38.5 Å². The van der Waals surface area contributed by atoms with Crippen LogP contribution in [0.15, 0.2) is 65.8 Å². The van der Waals surface area contributed by atoms with E-state index in [2.05, 4.69) is 21.3 Å². The number of nitrogens with one attached hydrogen (secondary N) is 4. The number of esters is 2. The molecule has 0 bridgehead atoms. The van der Waals surface area contributed by atoms with E-state index in [1.807, 2.05) is 48.5 Å². The van der Waals surface area contributed by atoms with Gasteiger partial charge in [0.15, 0.2) is 6.10 Å². The molecule has 1 aromatic carbocycles. The predicted octanol–water partition coefficient (Wildman–Crippen LogP) is 5.24. The van der Waals surface area contributed by atoms with Crippen LogP contribution in [0.2, 0.25) is 11.1 Å². The maximum Gasteiger partial charge on any atom is 0.407 e. The van der Waals surface area contributed by atoms with E-state index in [0.29, 0.717) is 37.4 Å². The first kappa shape index (κ1) is 78.4. The standard InChI is InChI=1S/C65H103N7O18Si/c1-17-44(9)57-60(77)68-49(14)64(81)90-58(45(10)18-2)47(12)52(89-65(82)66-28-30-86-91(42(5)6,43(7)8)87-37-36-85-35-34-84-33-32-83-31-29-72-55(74)26-27-56(72)75)25-24-46(11)63(80)88-53(38-41(3)4)59(76)67-48(13)61(78)71(16)51(39-50-22-20-19-21-23-50)62(79)70(15)40-54(73)69-57/h18-24,26-27,41-44,47-49,51-53,57-58H,17,25,28-40H2,1-16H3,(H,66,82)(H,67,76)(H,68,77)(H,69,73)/b45-18+,46-24+/t44?,47-,48-,49+,51+,52-,53+,57-,58+/m0/s1. The number of carbonyl (C=O) groups excluding carboxylic acids is 10. The molecule has 2 aliphatic rings. The van der Waals surface area contributed by atoms with Crippen molar-refractivity contribution in [3.63, 3.8) is 0 Å². The minimum absolute atomic E-state index is 0.00622. The predicted molar refractivity (Wildman–Crippen MR) is 342 cm³/mol. The molecule has 9 atom stereocenters. The molecule has 0 radical (unpaired) electrons. The molecule has 0 aliphatic carbocycles. The number of ether oxygens (including phenoxy) is 6. The van der Waals surface area contributed by atoms with E-state index < -0.39 is 117 Å². The number of cyclic esters (lactones) is 2. The molecule has 510 valence electrons. The quantitative estimate of drug-likeness (QED) is 0.0219. The summed E-state index contributed by atoms with van der Waals surface area (Å²) in [5, 5.41) is 10.9. The van der Waals surface area contributed by atoms with Crippen molar-refractivity contribution in [1.29, 1.82) is 0 Å². The van der Waals surface area contributed by atoms with Gasteiger partial charge in [0, 0.05) is 57.1 Å². The Hall–Kier alpha value is -6.84. The third-order valence-corrected chi connectivity index (χ3v) is 20.6. The van der Waals surface area contributed by atoms with Crippen LogP contribution in [0.4, 0.5) is 4.79 Å². The molecule has 4 N–H and O–H groups in total. The van der Waals surface area contributed by atoms with Crippen LogP contribution in [0.3, 0.4) is 0 Å². The molecule has 0 spiro atoms. The fourth-order valence-corrected chi connectivity index (χ4v) is 13.8. The van der Waals surface area contributed by atoms with E-state index in [4.69, 9.17) is 37.3 Å². The Labute approximate surface area is 539 Å².